The largest absolute Gasteiger partial charge is 0.421 e. The topological polar surface area (TPSA) is 33.5 Å². The molecule has 0 bridgehead atoms. The predicted octanol–water partition coefficient (Wildman–Crippen LogP) is 2.57. The maximum absolute atomic E-state index is 4.22. The maximum atomic E-state index is 4.22. The second kappa shape index (κ2) is 4.26. The third-order valence-corrected chi connectivity index (χ3v) is 2.43. The summed E-state index contributed by atoms with van der Waals surface area (Å²) in [7, 11) is 3.90. The lowest BCUT2D eigenvalue weighted by Gasteiger charge is -1.91. The first kappa shape index (κ1) is 10.5. The van der Waals surface area contributed by atoms with Gasteiger partial charge in [-0.05, 0) is 19.1 Å². The van der Waals surface area contributed by atoms with Gasteiger partial charge < -0.3 is 0 Å². The summed E-state index contributed by atoms with van der Waals surface area (Å²) in [4.78, 5) is 0. The van der Waals surface area contributed by atoms with Crippen LogP contribution in [0, 0.1) is 6.92 Å². The lowest BCUT2D eigenvalue weighted by Crippen LogP contribution is -2.25. The fourth-order valence-electron chi connectivity index (χ4n) is 1.44. The van der Waals surface area contributed by atoms with E-state index in [2.05, 4.69) is 17.2 Å². The van der Waals surface area contributed by atoms with Crippen LogP contribution in [0.3, 0.4) is 0 Å². The number of aromatic nitrogens is 2. The van der Waals surface area contributed by atoms with Crippen molar-refractivity contribution >= 4 is 11.6 Å². The van der Waals surface area contributed by atoms with Gasteiger partial charge >= 0.3 is 5.95 Å². The van der Waals surface area contributed by atoms with Crippen molar-refractivity contribution in [3.05, 3.63) is 42.2 Å². The van der Waals surface area contributed by atoms with Crippen molar-refractivity contribution in [2.75, 3.05) is 0 Å². The first-order valence-corrected chi connectivity index (χ1v) is 5.16. The van der Waals surface area contributed by atoms with Gasteiger partial charge in [0.25, 0.3) is 0 Å². The van der Waals surface area contributed by atoms with Crippen LogP contribution in [0.25, 0.3) is 0 Å². The predicted molar refractivity (Wildman–Crippen MR) is 61.9 cm³/mol. The Morgan fingerprint density at radius 1 is 1.12 bits per heavy atom. The molecular weight excluding hydrogens is 200 g/mol. The average Bonchev–Trinajstić information content (AvgIpc) is 2.59. The van der Waals surface area contributed by atoms with E-state index in [1.54, 1.807) is 0 Å². The van der Waals surface area contributed by atoms with E-state index < -0.39 is 0 Å². The van der Waals surface area contributed by atoms with E-state index in [1.165, 1.54) is 5.56 Å². The molecule has 4 heteroatoms. The highest BCUT2D eigenvalue weighted by Gasteiger charge is 2.09. The van der Waals surface area contributed by atoms with E-state index in [-0.39, 0.29) is 0 Å². The zero-order valence-electron chi connectivity index (χ0n) is 9.75. The molecule has 0 spiro atoms. The summed E-state index contributed by atoms with van der Waals surface area (Å²) in [5, 5.41) is 8.41. The molecule has 0 aliphatic heterocycles. The van der Waals surface area contributed by atoms with Gasteiger partial charge in [0, 0.05) is 5.11 Å². The molecule has 2 rings (SSSR count). The summed E-state index contributed by atoms with van der Waals surface area (Å²) < 4.78 is 3.86. The van der Waals surface area contributed by atoms with Crippen LogP contribution in [0.2, 0.25) is 0 Å². The number of nitrogens with zero attached hydrogens (tertiary/aromatic N) is 4. The van der Waals surface area contributed by atoms with Crippen molar-refractivity contribution in [1.82, 2.24) is 4.57 Å². The first-order valence-electron chi connectivity index (χ1n) is 5.16. The van der Waals surface area contributed by atoms with Gasteiger partial charge in [-0.2, -0.15) is 0 Å². The van der Waals surface area contributed by atoms with Crippen LogP contribution in [-0.4, -0.2) is 4.57 Å². The minimum atomic E-state index is 0.820. The molecule has 0 radical (unpaired) electrons. The van der Waals surface area contributed by atoms with Crippen molar-refractivity contribution in [2.24, 2.45) is 24.3 Å². The molecule has 2 aromatic rings. The Morgan fingerprint density at radius 2 is 1.81 bits per heavy atom. The molecule has 0 unspecified atom stereocenters. The molecule has 0 saturated heterocycles. The second-order valence-electron chi connectivity index (χ2n) is 3.86. The zero-order chi connectivity index (χ0) is 11.5. The maximum Gasteiger partial charge on any atom is 0.421 e. The SMILES string of the molecule is Cc1ccc(/N=N/c2n(C)cc[n+]2C)cc1. The fourth-order valence-corrected chi connectivity index (χ4v) is 1.44. The average molecular weight is 215 g/mol. The highest BCUT2D eigenvalue weighted by Crippen LogP contribution is 2.15. The van der Waals surface area contributed by atoms with Crippen molar-refractivity contribution in [2.45, 2.75) is 6.92 Å². The molecule has 4 nitrogen and oxygen atoms in total. The Kier molecular flexibility index (Phi) is 2.81. The van der Waals surface area contributed by atoms with Gasteiger partial charge in [-0.25, -0.2) is 9.13 Å². The van der Waals surface area contributed by atoms with Crippen LogP contribution < -0.4 is 4.57 Å². The van der Waals surface area contributed by atoms with Crippen molar-refractivity contribution < 1.29 is 4.57 Å². The van der Waals surface area contributed by atoms with Crippen LogP contribution in [0.5, 0.6) is 0 Å². The fraction of sp³-hybridized carbons (Fsp3) is 0.250. The minimum Gasteiger partial charge on any atom is -0.233 e. The Morgan fingerprint density at radius 3 is 2.38 bits per heavy atom. The van der Waals surface area contributed by atoms with E-state index in [0.717, 1.165) is 11.6 Å². The molecule has 0 saturated carbocycles. The molecule has 82 valence electrons. The lowest BCUT2D eigenvalue weighted by molar-refractivity contribution is -0.657. The van der Waals surface area contributed by atoms with Crippen LogP contribution in [-0.2, 0) is 14.1 Å². The summed E-state index contributed by atoms with van der Waals surface area (Å²) in [6.07, 6.45) is 3.90. The van der Waals surface area contributed by atoms with Gasteiger partial charge in [-0.1, -0.05) is 22.8 Å². The molecule has 1 heterocycles. The van der Waals surface area contributed by atoms with Crippen molar-refractivity contribution in [1.29, 1.82) is 0 Å². The number of hydrogen-bond acceptors (Lipinski definition) is 2. The molecule has 0 atom stereocenters. The first-order chi connectivity index (χ1) is 7.66. The number of benzene rings is 1. The van der Waals surface area contributed by atoms with Gasteiger partial charge in [0.1, 0.15) is 5.69 Å². The van der Waals surface area contributed by atoms with Crippen LogP contribution >= 0.6 is 0 Å². The van der Waals surface area contributed by atoms with Gasteiger partial charge in [0.2, 0.25) is 0 Å². The number of rotatable bonds is 2. The van der Waals surface area contributed by atoms with Gasteiger partial charge in [0.15, 0.2) is 0 Å². The Labute approximate surface area is 94.9 Å². The van der Waals surface area contributed by atoms with E-state index in [1.807, 2.05) is 59.9 Å². The quantitative estimate of drug-likeness (QED) is 0.545. The van der Waals surface area contributed by atoms with Crippen LogP contribution in [0.1, 0.15) is 5.56 Å². The lowest BCUT2D eigenvalue weighted by atomic mass is 10.2. The second-order valence-corrected chi connectivity index (χ2v) is 3.86. The standard InChI is InChI=1S/C12H15N4/c1-10-4-6-11(7-5-10)13-14-12-15(2)8-9-16(12)3/h4-9H,1-3H3/q+1. The van der Waals surface area contributed by atoms with Gasteiger partial charge in [-0.3, -0.25) is 0 Å². The highest BCUT2D eigenvalue weighted by molar-refractivity contribution is 5.38. The van der Waals surface area contributed by atoms with E-state index in [9.17, 15) is 0 Å². The minimum absolute atomic E-state index is 0.820. The molecule has 0 aliphatic rings. The zero-order valence-corrected chi connectivity index (χ0v) is 9.75. The summed E-state index contributed by atoms with van der Waals surface area (Å²) >= 11 is 0. The monoisotopic (exact) mass is 215 g/mol. The van der Waals surface area contributed by atoms with Gasteiger partial charge in [-0.15, -0.1) is 0 Å². The summed E-state index contributed by atoms with van der Waals surface area (Å²) in [6, 6.07) is 7.97. The summed E-state index contributed by atoms with van der Waals surface area (Å²) in [5.74, 6) is 0.820. The van der Waals surface area contributed by atoms with Crippen LogP contribution in [0.15, 0.2) is 46.9 Å². The highest BCUT2D eigenvalue weighted by atomic mass is 15.3. The number of aryl methyl sites for hydroxylation is 3. The Hall–Kier alpha value is -1.97. The Balaban J connectivity index is 2.24. The van der Waals surface area contributed by atoms with E-state index in [0.29, 0.717) is 0 Å². The number of azo groups is 1. The molecular formula is C12H15N4+. The molecule has 1 aromatic heterocycles. The molecule has 0 N–H and O–H groups in total. The normalized spacial score (nSPS) is 11.2. The van der Waals surface area contributed by atoms with E-state index >= 15 is 0 Å². The van der Waals surface area contributed by atoms with Crippen molar-refractivity contribution in [3.63, 3.8) is 0 Å². The number of imidazole rings is 1. The van der Waals surface area contributed by atoms with Gasteiger partial charge in [0.05, 0.1) is 26.5 Å². The smallest absolute Gasteiger partial charge is 0.233 e. The van der Waals surface area contributed by atoms with E-state index in [4.69, 9.17) is 0 Å². The van der Waals surface area contributed by atoms with Crippen molar-refractivity contribution in [3.8, 4) is 0 Å². The molecule has 0 aliphatic carbocycles. The third kappa shape index (κ3) is 2.16. The molecule has 16 heavy (non-hydrogen) atoms. The molecule has 0 fully saturated rings. The summed E-state index contributed by atoms with van der Waals surface area (Å²) in [5.41, 5.74) is 2.09. The number of hydrogen-bond donors (Lipinski definition) is 0. The molecule has 1 aromatic carbocycles. The summed E-state index contributed by atoms with van der Waals surface area (Å²) in [6.45, 7) is 2.05. The third-order valence-electron chi connectivity index (χ3n) is 2.43. The van der Waals surface area contributed by atoms with Crippen LogP contribution in [0.4, 0.5) is 11.6 Å². The Bertz CT molecular complexity index is 489. The molecule has 0 amide bonds.